The number of aliphatic carboxylic acids is 1. The number of ether oxygens (including phenoxy) is 1. The average molecular weight is 374 g/mol. The van der Waals surface area contributed by atoms with Gasteiger partial charge in [0.2, 0.25) is 15.9 Å². The van der Waals surface area contributed by atoms with Crippen LogP contribution in [0.2, 0.25) is 0 Å². The van der Waals surface area contributed by atoms with Crippen molar-refractivity contribution in [2.45, 2.75) is 38.2 Å². The zero-order valence-corrected chi connectivity index (χ0v) is 15.3. The van der Waals surface area contributed by atoms with Gasteiger partial charge in [0.15, 0.2) is 0 Å². The maximum absolute atomic E-state index is 12.5. The average Bonchev–Trinajstić information content (AvgIpc) is 2.54. The molecule has 142 valence electrons. The quantitative estimate of drug-likeness (QED) is 0.649. The summed E-state index contributed by atoms with van der Waals surface area (Å²) in [6.45, 7) is 0.384. The van der Waals surface area contributed by atoms with Crippen LogP contribution in [0.25, 0.3) is 0 Å². The Balaban J connectivity index is 1.93. The fourth-order valence-corrected chi connectivity index (χ4v) is 3.90. The number of morpholine rings is 1. The second-order valence-corrected chi connectivity index (χ2v) is 8.55. The molecule has 0 radical (unpaired) electrons. The Morgan fingerprint density at radius 2 is 2.16 bits per heavy atom. The minimum atomic E-state index is -3.66. The first kappa shape index (κ1) is 19.9. The molecule has 2 rings (SSSR count). The molecule has 1 heterocycles. The topological polar surface area (TPSA) is 104 Å². The minimum Gasteiger partial charge on any atom is -0.480 e. The van der Waals surface area contributed by atoms with Crippen molar-refractivity contribution in [1.29, 1.82) is 0 Å². The van der Waals surface area contributed by atoms with Gasteiger partial charge < -0.3 is 14.7 Å². The van der Waals surface area contributed by atoms with E-state index in [2.05, 4.69) is 6.08 Å². The Bertz CT molecular complexity index is 631. The Morgan fingerprint density at radius 3 is 2.76 bits per heavy atom. The van der Waals surface area contributed by atoms with Gasteiger partial charge in [-0.05, 0) is 25.7 Å². The van der Waals surface area contributed by atoms with E-state index in [-0.39, 0.29) is 19.0 Å². The highest BCUT2D eigenvalue weighted by Crippen LogP contribution is 2.21. The highest BCUT2D eigenvalue weighted by atomic mass is 32.2. The third-order valence-corrected chi connectivity index (χ3v) is 5.66. The van der Waals surface area contributed by atoms with Gasteiger partial charge in [-0.3, -0.25) is 9.59 Å². The Labute approximate surface area is 148 Å². The summed E-state index contributed by atoms with van der Waals surface area (Å²) in [6, 6.07) is 0. The molecule has 0 aromatic carbocycles. The molecule has 0 bridgehead atoms. The van der Waals surface area contributed by atoms with Gasteiger partial charge in [0, 0.05) is 26.1 Å². The molecule has 1 atom stereocenters. The SMILES string of the molecule is CS(=O)(=O)N(CC(=O)O)CC1CN(C(=O)CC2=CCCCC2)CCO1. The molecule has 1 aliphatic carbocycles. The van der Waals surface area contributed by atoms with E-state index < -0.39 is 28.6 Å². The second kappa shape index (κ2) is 8.77. The molecular formula is C16H26N2O6S. The summed E-state index contributed by atoms with van der Waals surface area (Å²) >= 11 is 0. The van der Waals surface area contributed by atoms with Gasteiger partial charge in [-0.1, -0.05) is 11.6 Å². The van der Waals surface area contributed by atoms with Crippen LogP contribution in [0.4, 0.5) is 0 Å². The lowest BCUT2D eigenvalue weighted by Gasteiger charge is -2.35. The number of carbonyl (C=O) groups excluding carboxylic acids is 1. The van der Waals surface area contributed by atoms with Crippen molar-refractivity contribution in [3.05, 3.63) is 11.6 Å². The number of hydrogen-bond donors (Lipinski definition) is 1. The summed E-state index contributed by atoms with van der Waals surface area (Å²) in [5, 5.41) is 8.88. The Morgan fingerprint density at radius 1 is 1.40 bits per heavy atom. The molecule has 0 aromatic rings. The molecule has 2 aliphatic rings. The van der Waals surface area contributed by atoms with Gasteiger partial charge in [0.05, 0.1) is 19.0 Å². The zero-order chi connectivity index (χ0) is 18.4. The van der Waals surface area contributed by atoms with E-state index in [4.69, 9.17) is 9.84 Å². The summed E-state index contributed by atoms with van der Waals surface area (Å²) < 4.78 is 29.9. The first-order valence-corrected chi connectivity index (χ1v) is 10.3. The summed E-state index contributed by atoms with van der Waals surface area (Å²) in [7, 11) is -3.66. The van der Waals surface area contributed by atoms with E-state index in [1.54, 1.807) is 4.90 Å². The molecule has 0 spiro atoms. The monoisotopic (exact) mass is 374 g/mol. The smallest absolute Gasteiger partial charge is 0.318 e. The summed E-state index contributed by atoms with van der Waals surface area (Å²) in [5.74, 6) is -1.20. The van der Waals surface area contributed by atoms with Crippen molar-refractivity contribution in [1.82, 2.24) is 9.21 Å². The number of amides is 1. The molecule has 9 heteroatoms. The van der Waals surface area contributed by atoms with Crippen LogP contribution in [0, 0.1) is 0 Å². The third-order valence-electron chi connectivity index (χ3n) is 4.44. The van der Waals surface area contributed by atoms with Crippen LogP contribution in [0.5, 0.6) is 0 Å². The van der Waals surface area contributed by atoms with Gasteiger partial charge in [-0.25, -0.2) is 8.42 Å². The van der Waals surface area contributed by atoms with Crippen LogP contribution >= 0.6 is 0 Å². The number of nitrogens with zero attached hydrogens (tertiary/aromatic N) is 2. The first-order valence-electron chi connectivity index (χ1n) is 8.50. The molecule has 25 heavy (non-hydrogen) atoms. The van der Waals surface area contributed by atoms with Gasteiger partial charge in [0.1, 0.15) is 6.54 Å². The fourth-order valence-electron chi connectivity index (χ4n) is 3.12. The van der Waals surface area contributed by atoms with E-state index in [9.17, 15) is 18.0 Å². The molecule has 1 unspecified atom stereocenters. The van der Waals surface area contributed by atoms with Gasteiger partial charge in [-0.2, -0.15) is 4.31 Å². The van der Waals surface area contributed by atoms with Crippen LogP contribution in [-0.4, -0.2) is 79.8 Å². The van der Waals surface area contributed by atoms with Gasteiger partial charge in [-0.15, -0.1) is 0 Å². The predicted molar refractivity (Wildman–Crippen MR) is 91.5 cm³/mol. The van der Waals surface area contributed by atoms with Crippen LogP contribution < -0.4 is 0 Å². The maximum Gasteiger partial charge on any atom is 0.318 e. The number of allylic oxidation sites excluding steroid dienone is 1. The van der Waals surface area contributed by atoms with Crippen LogP contribution in [-0.2, 0) is 24.3 Å². The molecule has 1 fully saturated rings. The number of hydrogen-bond acceptors (Lipinski definition) is 5. The van der Waals surface area contributed by atoms with Gasteiger partial charge in [0.25, 0.3) is 0 Å². The summed E-state index contributed by atoms with van der Waals surface area (Å²) in [6.07, 6.45) is 7.25. The lowest BCUT2D eigenvalue weighted by Crippen LogP contribution is -2.51. The van der Waals surface area contributed by atoms with Crippen LogP contribution in [0.1, 0.15) is 32.1 Å². The third kappa shape index (κ3) is 6.41. The lowest BCUT2D eigenvalue weighted by molar-refractivity contribution is -0.141. The predicted octanol–water partition coefficient (Wildman–Crippen LogP) is 0.451. The molecule has 0 aromatic heterocycles. The Hall–Kier alpha value is -1.45. The van der Waals surface area contributed by atoms with Crippen LogP contribution in [0.15, 0.2) is 11.6 Å². The number of carbonyl (C=O) groups is 2. The number of carboxylic acids is 1. The fraction of sp³-hybridized carbons (Fsp3) is 0.750. The highest BCUT2D eigenvalue weighted by Gasteiger charge is 2.29. The number of rotatable bonds is 7. The summed E-state index contributed by atoms with van der Waals surface area (Å²) in [5.41, 5.74) is 1.17. The lowest BCUT2D eigenvalue weighted by atomic mass is 9.97. The van der Waals surface area contributed by atoms with Crippen molar-refractivity contribution in [2.75, 3.05) is 39.0 Å². The molecule has 8 nitrogen and oxygen atoms in total. The van der Waals surface area contributed by atoms with Crippen molar-refractivity contribution >= 4 is 21.9 Å². The van der Waals surface area contributed by atoms with Crippen molar-refractivity contribution in [2.24, 2.45) is 0 Å². The van der Waals surface area contributed by atoms with E-state index in [1.807, 2.05) is 0 Å². The van der Waals surface area contributed by atoms with E-state index in [1.165, 1.54) is 12.0 Å². The van der Waals surface area contributed by atoms with Crippen LogP contribution in [0.3, 0.4) is 0 Å². The van der Waals surface area contributed by atoms with E-state index >= 15 is 0 Å². The molecule has 1 amide bonds. The van der Waals surface area contributed by atoms with Crippen molar-refractivity contribution in [3.63, 3.8) is 0 Å². The van der Waals surface area contributed by atoms with Crippen molar-refractivity contribution < 1.29 is 27.9 Å². The number of carboxylic acid groups (broad SMARTS) is 1. The first-order chi connectivity index (χ1) is 11.8. The molecule has 1 N–H and O–H groups in total. The standard InChI is InChI=1S/C16H26N2O6S/c1-25(22,23)18(12-16(20)21)11-14-10-17(7-8-24-14)15(19)9-13-5-3-2-4-6-13/h5,14H,2-4,6-12H2,1H3,(H,20,21). The largest absolute Gasteiger partial charge is 0.480 e. The minimum absolute atomic E-state index is 0.0191. The zero-order valence-electron chi connectivity index (χ0n) is 14.5. The highest BCUT2D eigenvalue weighted by molar-refractivity contribution is 7.88. The summed E-state index contributed by atoms with van der Waals surface area (Å²) in [4.78, 5) is 25.0. The normalized spacial score (nSPS) is 21.9. The number of sulfonamides is 1. The second-order valence-electron chi connectivity index (χ2n) is 6.57. The van der Waals surface area contributed by atoms with Gasteiger partial charge >= 0.3 is 5.97 Å². The molecule has 0 saturated carbocycles. The molecular weight excluding hydrogens is 348 g/mol. The molecule has 1 aliphatic heterocycles. The molecule has 1 saturated heterocycles. The Kier molecular flexibility index (Phi) is 6.97. The maximum atomic E-state index is 12.5. The van der Waals surface area contributed by atoms with E-state index in [0.717, 1.165) is 29.8 Å². The van der Waals surface area contributed by atoms with E-state index in [0.29, 0.717) is 19.6 Å². The van der Waals surface area contributed by atoms with Crippen molar-refractivity contribution in [3.8, 4) is 0 Å².